The van der Waals surface area contributed by atoms with E-state index in [0.29, 0.717) is 6.04 Å². The summed E-state index contributed by atoms with van der Waals surface area (Å²) in [6.45, 7) is 2.40. The molecule has 2 N–H and O–H groups in total. The number of nitrogens with two attached hydrogens (primary N) is 1. The predicted octanol–water partition coefficient (Wildman–Crippen LogP) is 2.49. The smallest absolute Gasteiger partial charge is 0.0171 e. The molecule has 17 heavy (non-hydrogen) atoms. The Kier molecular flexibility index (Phi) is 3.50. The summed E-state index contributed by atoms with van der Waals surface area (Å²) in [5.41, 5.74) is 7.72. The molecule has 1 aliphatic carbocycles. The van der Waals surface area contributed by atoms with Crippen molar-refractivity contribution in [1.82, 2.24) is 4.90 Å². The van der Waals surface area contributed by atoms with Crippen molar-refractivity contribution in [3.05, 3.63) is 22.4 Å². The van der Waals surface area contributed by atoms with Crippen molar-refractivity contribution in [2.75, 3.05) is 13.1 Å². The fourth-order valence-corrected chi connectivity index (χ4v) is 3.91. The summed E-state index contributed by atoms with van der Waals surface area (Å²) in [6, 6.07) is 3.51. The molecule has 2 heterocycles. The number of rotatable bonds is 3. The molecule has 3 heteroatoms. The lowest BCUT2D eigenvalue weighted by atomic mass is 9.85. The van der Waals surface area contributed by atoms with Crippen LogP contribution in [0.25, 0.3) is 0 Å². The van der Waals surface area contributed by atoms with Crippen molar-refractivity contribution < 1.29 is 0 Å². The second-order valence-electron chi connectivity index (χ2n) is 5.74. The Morgan fingerprint density at radius 1 is 1.35 bits per heavy atom. The number of piperidine rings is 1. The lowest BCUT2D eigenvalue weighted by Gasteiger charge is -2.44. The predicted molar refractivity (Wildman–Crippen MR) is 73.3 cm³/mol. The number of nitrogens with zero attached hydrogens (tertiary/aromatic N) is 1. The number of hydrogen-bond donors (Lipinski definition) is 1. The molecule has 0 radical (unpaired) electrons. The van der Waals surface area contributed by atoms with Crippen molar-refractivity contribution in [2.45, 2.75) is 44.2 Å². The minimum Gasteiger partial charge on any atom is -0.327 e. The summed E-state index contributed by atoms with van der Waals surface area (Å²) < 4.78 is 0. The molecular weight excluding hydrogens is 228 g/mol. The number of likely N-dealkylation sites (tertiary alicyclic amines) is 1. The third-order valence-electron chi connectivity index (χ3n) is 4.29. The van der Waals surface area contributed by atoms with Gasteiger partial charge in [0.15, 0.2) is 0 Å². The fraction of sp³-hybridized carbons (Fsp3) is 0.714. The van der Waals surface area contributed by atoms with Crippen LogP contribution in [0.1, 0.15) is 31.2 Å². The average molecular weight is 250 g/mol. The van der Waals surface area contributed by atoms with E-state index in [1.54, 1.807) is 11.3 Å². The Bertz CT molecular complexity index is 345. The summed E-state index contributed by atoms with van der Waals surface area (Å²) >= 11 is 1.81. The van der Waals surface area contributed by atoms with E-state index in [0.717, 1.165) is 18.5 Å². The summed E-state index contributed by atoms with van der Waals surface area (Å²) in [4.78, 5) is 2.66. The standard InChI is InChI=1S/C14H22N2S/c15-13-7-12(6-11-4-5-17-10-11)8-16(9-13)14-2-1-3-14/h4-5,10,12-14H,1-3,6-9,15H2. The van der Waals surface area contributed by atoms with Gasteiger partial charge in [-0.3, -0.25) is 4.90 Å². The van der Waals surface area contributed by atoms with Crippen LogP contribution in [0.5, 0.6) is 0 Å². The van der Waals surface area contributed by atoms with Gasteiger partial charge in [0, 0.05) is 25.2 Å². The molecule has 2 aliphatic rings. The molecule has 1 saturated carbocycles. The first-order chi connectivity index (χ1) is 8.31. The molecule has 0 bridgehead atoms. The SMILES string of the molecule is NC1CC(Cc2ccsc2)CN(C2CCC2)C1. The topological polar surface area (TPSA) is 29.3 Å². The van der Waals surface area contributed by atoms with Crippen molar-refractivity contribution in [1.29, 1.82) is 0 Å². The van der Waals surface area contributed by atoms with Gasteiger partial charge in [0.1, 0.15) is 0 Å². The molecule has 2 unspecified atom stereocenters. The summed E-state index contributed by atoms with van der Waals surface area (Å²) in [6.07, 6.45) is 6.65. The second-order valence-corrected chi connectivity index (χ2v) is 6.52. The van der Waals surface area contributed by atoms with E-state index in [-0.39, 0.29) is 0 Å². The van der Waals surface area contributed by atoms with Gasteiger partial charge in [0.25, 0.3) is 0 Å². The van der Waals surface area contributed by atoms with Gasteiger partial charge in [-0.25, -0.2) is 0 Å². The van der Waals surface area contributed by atoms with E-state index in [9.17, 15) is 0 Å². The first-order valence-corrected chi connectivity index (χ1v) is 7.76. The highest BCUT2D eigenvalue weighted by molar-refractivity contribution is 7.07. The van der Waals surface area contributed by atoms with Crippen LogP contribution in [-0.2, 0) is 6.42 Å². The third-order valence-corrected chi connectivity index (χ3v) is 5.03. The van der Waals surface area contributed by atoms with E-state index in [4.69, 9.17) is 5.73 Å². The van der Waals surface area contributed by atoms with Crippen LogP contribution in [0.4, 0.5) is 0 Å². The lowest BCUT2D eigenvalue weighted by Crippen LogP contribution is -2.53. The first-order valence-electron chi connectivity index (χ1n) is 6.82. The molecule has 94 valence electrons. The van der Waals surface area contributed by atoms with Gasteiger partial charge in [-0.15, -0.1) is 0 Å². The highest BCUT2D eigenvalue weighted by Gasteiger charge is 2.32. The van der Waals surface area contributed by atoms with Crippen molar-refractivity contribution in [3.8, 4) is 0 Å². The summed E-state index contributed by atoms with van der Waals surface area (Å²) in [7, 11) is 0. The van der Waals surface area contributed by atoms with Gasteiger partial charge in [-0.2, -0.15) is 11.3 Å². The molecule has 0 spiro atoms. The van der Waals surface area contributed by atoms with E-state index < -0.39 is 0 Å². The van der Waals surface area contributed by atoms with Gasteiger partial charge in [-0.05, 0) is 54.0 Å². The second kappa shape index (κ2) is 5.09. The van der Waals surface area contributed by atoms with Crippen LogP contribution in [0.3, 0.4) is 0 Å². The first kappa shape index (κ1) is 11.7. The van der Waals surface area contributed by atoms with Crippen LogP contribution < -0.4 is 5.73 Å². The Labute approximate surface area is 108 Å². The maximum atomic E-state index is 6.22. The maximum absolute atomic E-state index is 6.22. The van der Waals surface area contributed by atoms with Crippen LogP contribution in [-0.4, -0.2) is 30.1 Å². The summed E-state index contributed by atoms with van der Waals surface area (Å²) in [5.74, 6) is 0.772. The molecular formula is C14H22N2S. The quantitative estimate of drug-likeness (QED) is 0.893. The van der Waals surface area contributed by atoms with Gasteiger partial charge < -0.3 is 5.73 Å². The molecule has 0 aromatic carbocycles. The summed E-state index contributed by atoms with van der Waals surface area (Å²) in [5, 5.41) is 4.47. The molecule has 1 aromatic rings. The molecule has 1 aliphatic heterocycles. The molecule has 2 fully saturated rings. The van der Waals surface area contributed by atoms with Crippen LogP contribution in [0.15, 0.2) is 16.8 Å². The largest absolute Gasteiger partial charge is 0.327 e. The van der Waals surface area contributed by atoms with Crippen molar-refractivity contribution >= 4 is 11.3 Å². The zero-order chi connectivity index (χ0) is 11.7. The van der Waals surface area contributed by atoms with Gasteiger partial charge in [-0.1, -0.05) is 6.42 Å². The molecule has 1 aromatic heterocycles. The molecule has 1 saturated heterocycles. The average Bonchev–Trinajstić information content (AvgIpc) is 2.66. The van der Waals surface area contributed by atoms with Gasteiger partial charge in [0.05, 0.1) is 0 Å². The zero-order valence-corrected chi connectivity index (χ0v) is 11.2. The fourth-order valence-electron chi connectivity index (χ4n) is 3.22. The highest BCUT2D eigenvalue weighted by atomic mass is 32.1. The van der Waals surface area contributed by atoms with Gasteiger partial charge >= 0.3 is 0 Å². The van der Waals surface area contributed by atoms with Crippen LogP contribution in [0, 0.1) is 5.92 Å². The Morgan fingerprint density at radius 3 is 2.88 bits per heavy atom. The van der Waals surface area contributed by atoms with Crippen LogP contribution >= 0.6 is 11.3 Å². The Balaban J connectivity index is 1.60. The van der Waals surface area contributed by atoms with Crippen molar-refractivity contribution in [2.24, 2.45) is 11.7 Å². The normalized spacial score (nSPS) is 31.4. The zero-order valence-electron chi connectivity index (χ0n) is 10.3. The third kappa shape index (κ3) is 2.72. The molecule has 2 nitrogen and oxygen atoms in total. The lowest BCUT2D eigenvalue weighted by molar-refractivity contribution is 0.0669. The maximum Gasteiger partial charge on any atom is 0.0171 e. The molecule has 3 rings (SSSR count). The van der Waals surface area contributed by atoms with E-state index in [1.807, 2.05) is 0 Å². The minimum atomic E-state index is 0.396. The van der Waals surface area contributed by atoms with E-state index >= 15 is 0 Å². The minimum absolute atomic E-state index is 0.396. The highest BCUT2D eigenvalue weighted by Crippen LogP contribution is 2.30. The number of hydrogen-bond acceptors (Lipinski definition) is 3. The number of thiophene rings is 1. The Morgan fingerprint density at radius 2 is 2.24 bits per heavy atom. The van der Waals surface area contributed by atoms with E-state index in [2.05, 4.69) is 21.7 Å². The molecule has 0 amide bonds. The molecule has 2 atom stereocenters. The van der Waals surface area contributed by atoms with Gasteiger partial charge in [0.2, 0.25) is 0 Å². The Hall–Kier alpha value is -0.380. The van der Waals surface area contributed by atoms with Crippen LogP contribution in [0.2, 0.25) is 0 Å². The van der Waals surface area contributed by atoms with Crippen molar-refractivity contribution in [3.63, 3.8) is 0 Å². The monoisotopic (exact) mass is 250 g/mol. The van der Waals surface area contributed by atoms with E-state index in [1.165, 1.54) is 44.2 Å².